The van der Waals surface area contributed by atoms with Gasteiger partial charge in [0.25, 0.3) is 0 Å². The second-order valence-corrected chi connectivity index (χ2v) is 4.70. The molecule has 0 aromatic carbocycles. The Kier molecular flexibility index (Phi) is 3.01. The number of aromatic nitrogens is 5. The predicted molar refractivity (Wildman–Crippen MR) is 83.8 cm³/mol. The van der Waals surface area contributed by atoms with E-state index in [-0.39, 0.29) is 0 Å². The van der Waals surface area contributed by atoms with E-state index >= 15 is 0 Å². The molecule has 0 spiro atoms. The maximum absolute atomic E-state index is 4.69. The minimum Gasteiger partial charge on any atom is -0.255 e. The molecule has 0 fully saturated rings. The van der Waals surface area contributed by atoms with Crippen molar-refractivity contribution >= 4 is 11.2 Å². The Hall–Kier alpha value is -3.21. The van der Waals surface area contributed by atoms with Crippen LogP contribution < -0.4 is 0 Å². The standard InChI is InChI=1S/C17H11N5/c1-3-9-18-12(6-1)15-16(13-7-2-4-10-19-13)22-17-14(21-15)8-5-11-20-17/h1-11H. The molecule has 0 unspecified atom stereocenters. The monoisotopic (exact) mass is 285 g/mol. The van der Waals surface area contributed by atoms with E-state index in [9.17, 15) is 0 Å². The van der Waals surface area contributed by atoms with E-state index in [1.165, 1.54) is 0 Å². The van der Waals surface area contributed by atoms with Crippen LogP contribution in [0.15, 0.2) is 67.1 Å². The van der Waals surface area contributed by atoms with Gasteiger partial charge in [-0.2, -0.15) is 0 Å². The average Bonchev–Trinajstić information content (AvgIpc) is 2.62. The van der Waals surface area contributed by atoms with Crippen LogP contribution in [0, 0.1) is 0 Å². The number of hydrogen-bond donors (Lipinski definition) is 0. The molecule has 5 nitrogen and oxygen atoms in total. The SMILES string of the molecule is c1ccc(-c2nc3cccnc3nc2-c2ccccn2)nc1. The summed E-state index contributed by atoms with van der Waals surface area (Å²) < 4.78 is 0. The Bertz CT molecular complexity index is 845. The van der Waals surface area contributed by atoms with Crippen molar-refractivity contribution in [2.24, 2.45) is 0 Å². The molecule has 4 rings (SSSR count). The highest BCUT2D eigenvalue weighted by Crippen LogP contribution is 2.27. The van der Waals surface area contributed by atoms with E-state index < -0.39 is 0 Å². The summed E-state index contributed by atoms with van der Waals surface area (Å²) in [6.45, 7) is 0. The highest BCUT2D eigenvalue weighted by atomic mass is 14.9. The van der Waals surface area contributed by atoms with Crippen LogP contribution in [-0.2, 0) is 0 Å². The normalized spacial score (nSPS) is 10.7. The number of fused-ring (bicyclic) bond motifs is 1. The van der Waals surface area contributed by atoms with E-state index in [1.807, 2.05) is 48.5 Å². The third-order valence-corrected chi connectivity index (χ3v) is 3.26. The quantitative estimate of drug-likeness (QED) is 0.566. The fraction of sp³-hybridized carbons (Fsp3) is 0. The van der Waals surface area contributed by atoms with E-state index in [0.29, 0.717) is 17.0 Å². The molecule has 0 aliphatic heterocycles. The molecular weight excluding hydrogens is 274 g/mol. The summed E-state index contributed by atoms with van der Waals surface area (Å²) in [5.41, 5.74) is 4.25. The molecule has 5 heteroatoms. The molecule has 4 heterocycles. The Morgan fingerprint density at radius 3 is 1.82 bits per heavy atom. The molecule has 0 saturated carbocycles. The lowest BCUT2D eigenvalue weighted by atomic mass is 10.1. The van der Waals surface area contributed by atoms with Gasteiger partial charge in [0.2, 0.25) is 0 Å². The highest BCUT2D eigenvalue weighted by Gasteiger charge is 2.14. The van der Waals surface area contributed by atoms with Gasteiger partial charge in [-0.15, -0.1) is 0 Å². The van der Waals surface area contributed by atoms with Gasteiger partial charge in [-0.25, -0.2) is 15.0 Å². The molecule has 0 amide bonds. The van der Waals surface area contributed by atoms with E-state index in [0.717, 1.165) is 16.9 Å². The lowest BCUT2D eigenvalue weighted by Crippen LogP contribution is -1.98. The molecule has 22 heavy (non-hydrogen) atoms. The number of nitrogens with zero attached hydrogens (tertiary/aromatic N) is 5. The largest absolute Gasteiger partial charge is 0.255 e. The van der Waals surface area contributed by atoms with E-state index in [4.69, 9.17) is 4.98 Å². The smallest absolute Gasteiger partial charge is 0.178 e. The van der Waals surface area contributed by atoms with E-state index in [2.05, 4.69) is 19.9 Å². The maximum atomic E-state index is 4.69. The first-order chi connectivity index (χ1) is 10.9. The highest BCUT2D eigenvalue weighted by molar-refractivity contribution is 5.82. The summed E-state index contributed by atoms with van der Waals surface area (Å²) in [4.78, 5) is 22.4. The Morgan fingerprint density at radius 1 is 0.545 bits per heavy atom. The van der Waals surface area contributed by atoms with Crippen molar-refractivity contribution in [2.75, 3.05) is 0 Å². The third-order valence-electron chi connectivity index (χ3n) is 3.26. The zero-order chi connectivity index (χ0) is 14.8. The van der Waals surface area contributed by atoms with E-state index in [1.54, 1.807) is 18.6 Å². The van der Waals surface area contributed by atoms with Gasteiger partial charge in [0.1, 0.15) is 16.9 Å². The molecular formula is C17H11N5. The van der Waals surface area contributed by atoms with Gasteiger partial charge in [0, 0.05) is 18.6 Å². The first kappa shape index (κ1) is 12.5. The van der Waals surface area contributed by atoms with Crippen LogP contribution in [0.4, 0.5) is 0 Å². The summed E-state index contributed by atoms with van der Waals surface area (Å²) in [5, 5.41) is 0. The Labute approximate surface area is 126 Å². The predicted octanol–water partition coefficient (Wildman–Crippen LogP) is 3.15. The van der Waals surface area contributed by atoms with Crippen LogP contribution in [0.2, 0.25) is 0 Å². The van der Waals surface area contributed by atoms with Gasteiger partial charge in [-0.1, -0.05) is 12.1 Å². The topological polar surface area (TPSA) is 64.5 Å². The van der Waals surface area contributed by atoms with Crippen LogP contribution >= 0.6 is 0 Å². The molecule has 4 aromatic heterocycles. The number of rotatable bonds is 2. The lowest BCUT2D eigenvalue weighted by Gasteiger charge is -2.08. The van der Waals surface area contributed by atoms with Crippen molar-refractivity contribution in [3.8, 4) is 22.8 Å². The maximum Gasteiger partial charge on any atom is 0.178 e. The number of hydrogen-bond acceptors (Lipinski definition) is 5. The van der Waals surface area contributed by atoms with Crippen molar-refractivity contribution in [1.82, 2.24) is 24.9 Å². The second-order valence-electron chi connectivity index (χ2n) is 4.70. The molecule has 0 atom stereocenters. The van der Waals surface area contributed by atoms with Gasteiger partial charge in [-0.3, -0.25) is 9.97 Å². The zero-order valence-electron chi connectivity index (χ0n) is 11.6. The lowest BCUT2D eigenvalue weighted by molar-refractivity contribution is 1.18. The van der Waals surface area contributed by atoms with Crippen molar-refractivity contribution < 1.29 is 0 Å². The van der Waals surface area contributed by atoms with Gasteiger partial charge in [0.05, 0.1) is 11.4 Å². The van der Waals surface area contributed by atoms with Crippen LogP contribution in [0.5, 0.6) is 0 Å². The molecule has 104 valence electrons. The van der Waals surface area contributed by atoms with Crippen molar-refractivity contribution in [3.05, 3.63) is 67.1 Å². The average molecular weight is 285 g/mol. The van der Waals surface area contributed by atoms with Crippen LogP contribution in [-0.4, -0.2) is 24.9 Å². The number of pyridine rings is 3. The molecule has 4 aromatic rings. The molecule has 0 bridgehead atoms. The second kappa shape index (κ2) is 5.29. The van der Waals surface area contributed by atoms with Gasteiger partial charge in [0.15, 0.2) is 5.65 Å². The Balaban J connectivity index is 2.04. The van der Waals surface area contributed by atoms with Crippen molar-refractivity contribution in [1.29, 1.82) is 0 Å². The van der Waals surface area contributed by atoms with Crippen LogP contribution in [0.1, 0.15) is 0 Å². The molecule has 0 N–H and O–H groups in total. The first-order valence-corrected chi connectivity index (χ1v) is 6.87. The van der Waals surface area contributed by atoms with Gasteiger partial charge in [-0.05, 0) is 36.4 Å². The third kappa shape index (κ3) is 2.18. The van der Waals surface area contributed by atoms with Crippen LogP contribution in [0.3, 0.4) is 0 Å². The fourth-order valence-electron chi connectivity index (χ4n) is 2.26. The summed E-state index contributed by atoms with van der Waals surface area (Å²) in [6.07, 6.45) is 5.19. The molecule has 0 aliphatic rings. The zero-order valence-corrected chi connectivity index (χ0v) is 11.6. The Morgan fingerprint density at radius 2 is 1.18 bits per heavy atom. The summed E-state index contributed by atoms with van der Waals surface area (Å²) in [5.74, 6) is 0. The summed E-state index contributed by atoms with van der Waals surface area (Å²) in [7, 11) is 0. The van der Waals surface area contributed by atoms with Gasteiger partial charge < -0.3 is 0 Å². The fourth-order valence-corrected chi connectivity index (χ4v) is 2.26. The van der Waals surface area contributed by atoms with Crippen LogP contribution in [0.25, 0.3) is 33.9 Å². The first-order valence-electron chi connectivity index (χ1n) is 6.87. The van der Waals surface area contributed by atoms with Crippen molar-refractivity contribution in [2.45, 2.75) is 0 Å². The minimum absolute atomic E-state index is 0.600. The molecule has 0 saturated heterocycles. The van der Waals surface area contributed by atoms with Crippen molar-refractivity contribution in [3.63, 3.8) is 0 Å². The summed E-state index contributed by atoms with van der Waals surface area (Å²) in [6, 6.07) is 15.2. The van der Waals surface area contributed by atoms with Gasteiger partial charge >= 0.3 is 0 Å². The minimum atomic E-state index is 0.600. The summed E-state index contributed by atoms with van der Waals surface area (Å²) >= 11 is 0. The molecule has 0 radical (unpaired) electrons. The molecule has 0 aliphatic carbocycles.